The van der Waals surface area contributed by atoms with Crippen LogP contribution in [0, 0.1) is 12.8 Å². The minimum Gasteiger partial charge on any atom is -0.352 e. The molecular formula is C17H24N2O2. The summed E-state index contributed by atoms with van der Waals surface area (Å²) in [6, 6.07) is 8.09. The zero-order chi connectivity index (χ0) is 15.2. The van der Waals surface area contributed by atoms with Gasteiger partial charge in [-0.15, -0.1) is 0 Å². The Balaban J connectivity index is 1.83. The molecule has 0 radical (unpaired) electrons. The van der Waals surface area contributed by atoms with Crippen LogP contribution in [0.3, 0.4) is 0 Å². The molecule has 1 aliphatic rings. The Morgan fingerprint density at radius 1 is 1.29 bits per heavy atom. The van der Waals surface area contributed by atoms with Gasteiger partial charge in [0, 0.05) is 32.5 Å². The number of amides is 2. The van der Waals surface area contributed by atoms with Crippen LogP contribution in [0.2, 0.25) is 0 Å². The van der Waals surface area contributed by atoms with E-state index in [1.165, 1.54) is 5.56 Å². The number of hydrogen-bond acceptors (Lipinski definition) is 2. The van der Waals surface area contributed by atoms with Gasteiger partial charge in [0.1, 0.15) is 0 Å². The molecule has 2 amide bonds. The Kier molecular flexibility index (Phi) is 5.37. The predicted octanol–water partition coefficient (Wildman–Crippen LogP) is 2.26. The lowest BCUT2D eigenvalue weighted by Crippen LogP contribution is -2.34. The fourth-order valence-corrected chi connectivity index (χ4v) is 2.68. The zero-order valence-electron chi connectivity index (χ0n) is 12.9. The highest BCUT2D eigenvalue weighted by atomic mass is 16.2. The standard InChI is InChI=1S/C17H24N2O2/c1-13-6-8-14(9-7-13)12-18-16(20)11-15-5-3-4-10-19(2)17(15)21/h6-9,15H,3-5,10-12H2,1-2H3,(H,18,20). The van der Waals surface area contributed by atoms with Gasteiger partial charge in [-0.2, -0.15) is 0 Å². The number of likely N-dealkylation sites (tertiary alicyclic amines) is 1. The first-order valence-electron chi connectivity index (χ1n) is 7.63. The molecule has 1 fully saturated rings. The van der Waals surface area contributed by atoms with E-state index >= 15 is 0 Å². The molecule has 0 aromatic heterocycles. The first-order valence-corrected chi connectivity index (χ1v) is 7.63. The first-order chi connectivity index (χ1) is 10.1. The van der Waals surface area contributed by atoms with Crippen molar-refractivity contribution < 1.29 is 9.59 Å². The molecule has 1 unspecified atom stereocenters. The maximum atomic E-state index is 12.1. The molecule has 1 aromatic carbocycles. The molecule has 1 aromatic rings. The second-order valence-electron chi connectivity index (χ2n) is 5.92. The number of aryl methyl sites for hydroxylation is 1. The summed E-state index contributed by atoms with van der Waals surface area (Å²) >= 11 is 0. The number of hydrogen-bond donors (Lipinski definition) is 1. The van der Waals surface area contributed by atoms with Gasteiger partial charge in [-0.3, -0.25) is 9.59 Å². The molecule has 2 rings (SSSR count). The minimum atomic E-state index is -0.157. The summed E-state index contributed by atoms with van der Waals surface area (Å²) in [4.78, 5) is 25.9. The van der Waals surface area contributed by atoms with Crippen LogP contribution in [0.15, 0.2) is 24.3 Å². The van der Waals surface area contributed by atoms with Crippen LogP contribution >= 0.6 is 0 Å². The van der Waals surface area contributed by atoms with Crippen molar-refractivity contribution in [2.24, 2.45) is 5.92 Å². The molecule has 0 bridgehead atoms. The highest BCUT2D eigenvalue weighted by molar-refractivity contribution is 5.85. The molecule has 1 atom stereocenters. The molecule has 0 spiro atoms. The van der Waals surface area contributed by atoms with E-state index in [-0.39, 0.29) is 17.7 Å². The van der Waals surface area contributed by atoms with Gasteiger partial charge in [0.25, 0.3) is 0 Å². The minimum absolute atomic E-state index is 0.0378. The highest BCUT2D eigenvalue weighted by Gasteiger charge is 2.26. The molecule has 0 saturated carbocycles. The molecule has 0 aliphatic carbocycles. The summed E-state index contributed by atoms with van der Waals surface area (Å²) in [5.41, 5.74) is 2.29. The lowest BCUT2D eigenvalue weighted by atomic mass is 9.98. The van der Waals surface area contributed by atoms with Crippen LogP contribution in [0.25, 0.3) is 0 Å². The van der Waals surface area contributed by atoms with E-state index in [4.69, 9.17) is 0 Å². The van der Waals surface area contributed by atoms with Crippen molar-refractivity contribution in [2.75, 3.05) is 13.6 Å². The largest absolute Gasteiger partial charge is 0.352 e. The van der Waals surface area contributed by atoms with Crippen molar-refractivity contribution >= 4 is 11.8 Å². The van der Waals surface area contributed by atoms with Gasteiger partial charge in [-0.25, -0.2) is 0 Å². The number of carbonyl (C=O) groups is 2. The van der Waals surface area contributed by atoms with Crippen molar-refractivity contribution in [3.8, 4) is 0 Å². The zero-order valence-corrected chi connectivity index (χ0v) is 12.9. The summed E-state index contributed by atoms with van der Waals surface area (Å²) in [7, 11) is 1.82. The Morgan fingerprint density at radius 2 is 2.00 bits per heavy atom. The molecule has 1 N–H and O–H groups in total. The van der Waals surface area contributed by atoms with Crippen LogP contribution in [0.1, 0.15) is 36.8 Å². The summed E-state index contributed by atoms with van der Waals surface area (Å²) in [6.45, 7) is 3.37. The van der Waals surface area contributed by atoms with E-state index in [2.05, 4.69) is 5.32 Å². The summed E-state index contributed by atoms with van der Waals surface area (Å²) in [5.74, 6) is -0.0854. The van der Waals surface area contributed by atoms with Crippen LogP contribution in [0.4, 0.5) is 0 Å². The van der Waals surface area contributed by atoms with Crippen LogP contribution in [-0.2, 0) is 16.1 Å². The molecule has 1 heterocycles. The average Bonchev–Trinajstić information content (AvgIpc) is 2.62. The monoisotopic (exact) mass is 288 g/mol. The quantitative estimate of drug-likeness (QED) is 0.924. The molecule has 4 nitrogen and oxygen atoms in total. The molecule has 21 heavy (non-hydrogen) atoms. The number of nitrogens with zero attached hydrogens (tertiary/aromatic N) is 1. The molecule has 4 heteroatoms. The Bertz CT molecular complexity index is 496. The molecule has 1 aliphatic heterocycles. The van der Waals surface area contributed by atoms with E-state index in [1.54, 1.807) is 4.90 Å². The maximum absolute atomic E-state index is 12.1. The normalized spacial score (nSPS) is 19.2. The van der Waals surface area contributed by atoms with Crippen molar-refractivity contribution in [3.05, 3.63) is 35.4 Å². The summed E-state index contributed by atoms with van der Waals surface area (Å²) in [5, 5.41) is 2.91. The lowest BCUT2D eigenvalue weighted by molar-refractivity contribution is -0.136. The van der Waals surface area contributed by atoms with Gasteiger partial charge >= 0.3 is 0 Å². The Morgan fingerprint density at radius 3 is 2.71 bits per heavy atom. The van der Waals surface area contributed by atoms with Gasteiger partial charge < -0.3 is 10.2 Å². The van der Waals surface area contributed by atoms with Gasteiger partial charge in [0.15, 0.2) is 0 Å². The molecular weight excluding hydrogens is 264 g/mol. The second-order valence-corrected chi connectivity index (χ2v) is 5.92. The number of nitrogens with one attached hydrogen (secondary N) is 1. The summed E-state index contributed by atoms with van der Waals surface area (Å²) in [6.07, 6.45) is 3.17. The molecule has 114 valence electrons. The smallest absolute Gasteiger partial charge is 0.225 e. The number of carbonyl (C=O) groups excluding carboxylic acids is 2. The third-order valence-electron chi connectivity index (χ3n) is 4.06. The van der Waals surface area contributed by atoms with E-state index in [0.29, 0.717) is 13.0 Å². The van der Waals surface area contributed by atoms with Gasteiger partial charge in [0.05, 0.1) is 0 Å². The lowest BCUT2D eigenvalue weighted by Gasteiger charge is -2.19. The highest BCUT2D eigenvalue weighted by Crippen LogP contribution is 2.20. The predicted molar refractivity (Wildman–Crippen MR) is 82.6 cm³/mol. The Labute approximate surface area is 126 Å². The number of benzene rings is 1. The van der Waals surface area contributed by atoms with E-state index < -0.39 is 0 Å². The third kappa shape index (κ3) is 4.59. The Hall–Kier alpha value is -1.84. The van der Waals surface area contributed by atoms with Gasteiger partial charge in [-0.1, -0.05) is 36.2 Å². The molecule has 1 saturated heterocycles. The average molecular weight is 288 g/mol. The van der Waals surface area contributed by atoms with E-state index in [1.807, 2.05) is 38.2 Å². The fraction of sp³-hybridized carbons (Fsp3) is 0.529. The fourth-order valence-electron chi connectivity index (χ4n) is 2.68. The van der Waals surface area contributed by atoms with Crippen molar-refractivity contribution in [1.29, 1.82) is 0 Å². The number of rotatable bonds is 4. The van der Waals surface area contributed by atoms with Crippen molar-refractivity contribution in [2.45, 2.75) is 39.2 Å². The maximum Gasteiger partial charge on any atom is 0.225 e. The van der Waals surface area contributed by atoms with Crippen molar-refractivity contribution in [3.63, 3.8) is 0 Å². The first kappa shape index (κ1) is 15.5. The van der Waals surface area contributed by atoms with E-state index in [0.717, 1.165) is 31.4 Å². The van der Waals surface area contributed by atoms with Gasteiger partial charge in [0.2, 0.25) is 11.8 Å². The van der Waals surface area contributed by atoms with Gasteiger partial charge in [-0.05, 0) is 25.3 Å². The second kappa shape index (κ2) is 7.25. The van der Waals surface area contributed by atoms with Crippen LogP contribution in [0.5, 0.6) is 0 Å². The summed E-state index contributed by atoms with van der Waals surface area (Å²) < 4.78 is 0. The van der Waals surface area contributed by atoms with Crippen molar-refractivity contribution in [1.82, 2.24) is 10.2 Å². The van der Waals surface area contributed by atoms with E-state index in [9.17, 15) is 9.59 Å². The SMILES string of the molecule is Cc1ccc(CNC(=O)CC2CCCCN(C)C2=O)cc1. The topological polar surface area (TPSA) is 49.4 Å². The third-order valence-corrected chi connectivity index (χ3v) is 4.06. The van der Waals surface area contributed by atoms with Crippen LogP contribution < -0.4 is 5.32 Å². The van der Waals surface area contributed by atoms with Crippen LogP contribution in [-0.4, -0.2) is 30.3 Å².